The summed E-state index contributed by atoms with van der Waals surface area (Å²) >= 11 is 10.2. The summed E-state index contributed by atoms with van der Waals surface area (Å²) in [5, 5.41) is 8.72. The molecule has 38 heavy (non-hydrogen) atoms. The van der Waals surface area contributed by atoms with Crippen molar-refractivity contribution in [2.45, 2.75) is 12.8 Å². The van der Waals surface area contributed by atoms with Crippen LogP contribution in [0.4, 0.5) is 15.9 Å². The second-order valence-corrected chi connectivity index (χ2v) is 10.8. The van der Waals surface area contributed by atoms with Gasteiger partial charge in [-0.25, -0.2) is 14.4 Å². The van der Waals surface area contributed by atoms with E-state index in [4.69, 9.17) is 16.3 Å². The third-order valence-electron chi connectivity index (χ3n) is 7.27. The number of ether oxygens (including phenoxy) is 1. The Bertz CT molecular complexity index is 1440. The lowest BCUT2D eigenvalue weighted by Crippen LogP contribution is -2.47. The molecule has 0 unspecified atom stereocenters. The van der Waals surface area contributed by atoms with Crippen LogP contribution >= 0.6 is 27.5 Å². The lowest BCUT2D eigenvalue weighted by Gasteiger charge is -2.37. The van der Waals surface area contributed by atoms with Crippen molar-refractivity contribution in [3.05, 3.63) is 58.2 Å². The van der Waals surface area contributed by atoms with E-state index >= 15 is 0 Å². The van der Waals surface area contributed by atoms with Gasteiger partial charge in [0.2, 0.25) is 0 Å². The number of rotatable bonds is 7. The number of piperazine rings is 1. The molecule has 2 aromatic heterocycles. The zero-order valence-electron chi connectivity index (χ0n) is 20.8. The van der Waals surface area contributed by atoms with Gasteiger partial charge in [0.15, 0.2) is 5.65 Å². The number of hydrogen-bond acceptors (Lipinski definition) is 7. The van der Waals surface area contributed by atoms with E-state index in [0.717, 1.165) is 78.4 Å². The van der Waals surface area contributed by atoms with Crippen LogP contribution < -0.4 is 14.5 Å². The van der Waals surface area contributed by atoms with E-state index in [2.05, 4.69) is 56.9 Å². The first kappa shape index (κ1) is 25.3. The Kier molecular flexibility index (Phi) is 7.36. The van der Waals surface area contributed by atoms with Crippen molar-refractivity contribution in [3.8, 4) is 16.9 Å². The van der Waals surface area contributed by atoms with E-state index in [1.54, 1.807) is 12.4 Å². The van der Waals surface area contributed by atoms with Crippen LogP contribution in [-0.2, 0) is 0 Å². The average molecular weight is 601 g/mol. The van der Waals surface area contributed by atoms with Crippen LogP contribution in [0.15, 0.2) is 47.3 Å². The number of aromatic nitrogens is 4. The molecule has 2 aliphatic heterocycles. The number of nitrogens with one attached hydrogen (secondary N) is 1. The van der Waals surface area contributed by atoms with E-state index < -0.39 is 0 Å². The summed E-state index contributed by atoms with van der Waals surface area (Å²) in [6.07, 6.45) is 4.01. The van der Waals surface area contributed by atoms with Gasteiger partial charge < -0.3 is 14.5 Å². The fraction of sp³-hybridized carbons (Fsp3) is 0.370. The Hall–Kier alpha value is -2.95. The van der Waals surface area contributed by atoms with Gasteiger partial charge in [-0.2, -0.15) is 5.10 Å². The zero-order valence-corrected chi connectivity index (χ0v) is 23.2. The van der Waals surface area contributed by atoms with Gasteiger partial charge in [-0.05, 0) is 71.7 Å². The largest absolute Gasteiger partial charge is 0.491 e. The molecular formula is C27H28BrClFN7O. The fourth-order valence-corrected chi connectivity index (χ4v) is 5.95. The third kappa shape index (κ3) is 5.17. The highest BCUT2D eigenvalue weighted by Crippen LogP contribution is 2.37. The highest BCUT2D eigenvalue weighted by molar-refractivity contribution is 9.10. The zero-order chi connectivity index (χ0) is 26.1. The van der Waals surface area contributed by atoms with Crippen molar-refractivity contribution in [3.63, 3.8) is 0 Å². The van der Waals surface area contributed by atoms with Crippen molar-refractivity contribution < 1.29 is 9.13 Å². The van der Waals surface area contributed by atoms with Gasteiger partial charge in [0.1, 0.15) is 34.9 Å². The Morgan fingerprint density at radius 1 is 0.974 bits per heavy atom. The third-order valence-corrected chi connectivity index (χ3v) is 8.16. The number of H-pyrrole nitrogens is 1. The molecule has 0 amide bonds. The van der Waals surface area contributed by atoms with Crippen molar-refractivity contribution in [1.82, 2.24) is 25.1 Å². The summed E-state index contributed by atoms with van der Waals surface area (Å²) in [6.45, 7) is 6.67. The second-order valence-electron chi connectivity index (χ2n) is 9.61. The van der Waals surface area contributed by atoms with E-state index in [0.29, 0.717) is 23.0 Å². The van der Waals surface area contributed by atoms with Gasteiger partial charge in [0.05, 0.1) is 16.1 Å². The molecule has 1 N–H and O–H groups in total. The van der Waals surface area contributed by atoms with E-state index in [-0.39, 0.29) is 5.82 Å². The summed E-state index contributed by atoms with van der Waals surface area (Å²) in [4.78, 5) is 15.7. The number of halogens is 3. The summed E-state index contributed by atoms with van der Waals surface area (Å²) in [5.74, 6) is 1.11. The van der Waals surface area contributed by atoms with E-state index in [1.165, 1.54) is 25.0 Å². The number of aromatic amines is 1. The molecular weight excluding hydrogens is 573 g/mol. The smallest absolute Gasteiger partial charge is 0.187 e. The molecule has 2 aliphatic rings. The van der Waals surface area contributed by atoms with Crippen LogP contribution in [0.5, 0.6) is 5.75 Å². The Balaban J connectivity index is 1.19. The highest BCUT2D eigenvalue weighted by atomic mass is 79.9. The maximum atomic E-state index is 14.2. The molecule has 0 spiro atoms. The highest BCUT2D eigenvalue weighted by Gasteiger charge is 2.24. The first-order valence-corrected chi connectivity index (χ1v) is 14.0. The monoisotopic (exact) mass is 599 g/mol. The molecule has 2 fully saturated rings. The standard InChI is InChI=1S/C27H28BrClFN7O/c28-25-24-26(34-33-25)31-17-32-27(24)37-11-9-36(10-12-37)22-15-18(3-6-21(22)29)20-5-4-19(30)16-23(20)38-14-13-35-7-1-2-8-35/h3-6,15-17H,1-2,7-14H2,(H,31,32,33,34). The SMILES string of the molecule is Fc1ccc(-c2ccc(Cl)c(N3CCN(c4ncnc5n[nH]c(Br)c45)CC3)c2)c(OCCN2CCCC2)c1. The van der Waals surface area contributed by atoms with Gasteiger partial charge in [-0.1, -0.05) is 17.7 Å². The molecule has 4 aromatic rings. The number of likely N-dealkylation sites (tertiary alicyclic amines) is 1. The number of nitrogens with zero attached hydrogens (tertiary/aromatic N) is 6. The Labute approximate surface area is 233 Å². The molecule has 0 bridgehead atoms. The fourth-order valence-electron chi connectivity index (χ4n) is 5.27. The molecule has 2 saturated heterocycles. The Morgan fingerprint density at radius 3 is 2.58 bits per heavy atom. The van der Waals surface area contributed by atoms with Crippen LogP contribution in [0, 0.1) is 5.82 Å². The molecule has 2 aromatic carbocycles. The topological polar surface area (TPSA) is 73.4 Å². The Morgan fingerprint density at radius 2 is 1.76 bits per heavy atom. The van der Waals surface area contributed by atoms with Gasteiger partial charge in [-0.15, -0.1) is 0 Å². The molecule has 198 valence electrons. The molecule has 0 atom stereocenters. The minimum Gasteiger partial charge on any atom is -0.491 e. The predicted molar refractivity (Wildman–Crippen MR) is 152 cm³/mol. The quantitative estimate of drug-likeness (QED) is 0.306. The van der Waals surface area contributed by atoms with Crippen LogP contribution in [-0.4, -0.2) is 77.5 Å². The van der Waals surface area contributed by atoms with Crippen molar-refractivity contribution in [2.24, 2.45) is 0 Å². The maximum absolute atomic E-state index is 14.2. The van der Waals surface area contributed by atoms with Crippen molar-refractivity contribution in [1.29, 1.82) is 0 Å². The summed E-state index contributed by atoms with van der Waals surface area (Å²) < 4.78 is 21.0. The predicted octanol–water partition coefficient (Wildman–Crippen LogP) is 5.38. The van der Waals surface area contributed by atoms with Crippen LogP contribution in [0.2, 0.25) is 5.02 Å². The van der Waals surface area contributed by atoms with E-state index in [9.17, 15) is 4.39 Å². The first-order chi connectivity index (χ1) is 18.6. The van der Waals surface area contributed by atoms with Gasteiger partial charge in [0, 0.05) is 44.4 Å². The molecule has 4 heterocycles. The molecule has 0 saturated carbocycles. The number of anilines is 2. The summed E-state index contributed by atoms with van der Waals surface area (Å²) in [5.41, 5.74) is 3.40. The molecule has 11 heteroatoms. The van der Waals surface area contributed by atoms with Gasteiger partial charge in [-0.3, -0.25) is 10.00 Å². The maximum Gasteiger partial charge on any atom is 0.187 e. The van der Waals surface area contributed by atoms with E-state index in [1.807, 2.05) is 12.1 Å². The van der Waals surface area contributed by atoms with Gasteiger partial charge >= 0.3 is 0 Å². The first-order valence-electron chi connectivity index (χ1n) is 12.9. The second kappa shape index (κ2) is 11.0. The van der Waals surface area contributed by atoms with Crippen LogP contribution in [0.1, 0.15) is 12.8 Å². The minimum absolute atomic E-state index is 0.307. The minimum atomic E-state index is -0.307. The lowest BCUT2D eigenvalue weighted by molar-refractivity contribution is 0.238. The molecule has 8 nitrogen and oxygen atoms in total. The van der Waals surface area contributed by atoms with Crippen LogP contribution in [0.25, 0.3) is 22.2 Å². The average Bonchev–Trinajstić information content (AvgIpc) is 3.59. The number of fused-ring (bicyclic) bond motifs is 1. The summed E-state index contributed by atoms with van der Waals surface area (Å²) in [6, 6.07) is 10.7. The van der Waals surface area contributed by atoms with Crippen LogP contribution in [0.3, 0.4) is 0 Å². The molecule has 6 rings (SSSR count). The van der Waals surface area contributed by atoms with Gasteiger partial charge in [0.25, 0.3) is 0 Å². The molecule has 0 radical (unpaired) electrons. The molecule has 0 aliphatic carbocycles. The van der Waals surface area contributed by atoms with Crippen molar-refractivity contribution in [2.75, 3.05) is 62.2 Å². The number of benzene rings is 2. The normalized spacial score (nSPS) is 16.5. The van der Waals surface area contributed by atoms with Crippen molar-refractivity contribution >= 4 is 50.1 Å². The lowest BCUT2D eigenvalue weighted by atomic mass is 10.0. The summed E-state index contributed by atoms with van der Waals surface area (Å²) in [7, 11) is 0. The number of hydrogen-bond donors (Lipinski definition) is 1.